The maximum absolute atomic E-state index is 4.68. The summed E-state index contributed by atoms with van der Waals surface area (Å²) in [6, 6.07) is 4.07. The van der Waals surface area contributed by atoms with Crippen molar-refractivity contribution in [1.82, 2.24) is 10.3 Å². The number of rotatable bonds is 0. The van der Waals surface area contributed by atoms with Gasteiger partial charge in [0.1, 0.15) is 11.0 Å². The molecule has 14 heavy (non-hydrogen) atoms. The van der Waals surface area contributed by atoms with E-state index in [1.807, 2.05) is 6.07 Å². The van der Waals surface area contributed by atoms with Gasteiger partial charge >= 0.3 is 0 Å². The smallest absolute Gasteiger partial charge is 0.149 e. The van der Waals surface area contributed by atoms with Crippen LogP contribution in [0.5, 0.6) is 0 Å². The van der Waals surface area contributed by atoms with E-state index in [0.29, 0.717) is 0 Å². The SMILES string of the molecule is CC(C)(C)c1cc(Br)c2nonc2c1. The molecule has 2 rings (SSSR count). The zero-order valence-corrected chi connectivity index (χ0v) is 9.92. The van der Waals surface area contributed by atoms with E-state index in [9.17, 15) is 0 Å². The van der Waals surface area contributed by atoms with E-state index in [1.54, 1.807) is 0 Å². The Kier molecular flexibility index (Phi) is 2.10. The molecule has 2 aromatic rings. The molecule has 0 unspecified atom stereocenters. The van der Waals surface area contributed by atoms with Crippen LogP contribution in [0, 0.1) is 0 Å². The van der Waals surface area contributed by atoms with Crippen LogP contribution in [0.25, 0.3) is 11.0 Å². The maximum Gasteiger partial charge on any atom is 0.149 e. The van der Waals surface area contributed by atoms with Crippen LogP contribution in [0.3, 0.4) is 0 Å². The number of aromatic nitrogens is 2. The number of fused-ring (bicyclic) bond motifs is 1. The predicted molar refractivity (Wildman–Crippen MR) is 58.2 cm³/mol. The lowest BCUT2D eigenvalue weighted by Crippen LogP contribution is -2.10. The van der Waals surface area contributed by atoms with Gasteiger partial charge in [0, 0.05) is 4.47 Å². The van der Waals surface area contributed by atoms with Crippen molar-refractivity contribution in [3.8, 4) is 0 Å². The fraction of sp³-hybridized carbons (Fsp3) is 0.400. The minimum absolute atomic E-state index is 0.107. The van der Waals surface area contributed by atoms with Crippen molar-refractivity contribution >= 4 is 27.0 Å². The molecule has 0 bridgehead atoms. The molecule has 1 aromatic carbocycles. The first-order valence-corrected chi connectivity index (χ1v) is 5.20. The highest BCUT2D eigenvalue weighted by molar-refractivity contribution is 9.10. The Labute approximate surface area is 90.6 Å². The summed E-state index contributed by atoms with van der Waals surface area (Å²) in [5.74, 6) is 0. The first-order valence-electron chi connectivity index (χ1n) is 4.41. The number of hydrogen-bond donors (Lipinski definition) is 0. The third-order valence-corrected chi connectivity index (χ3v) is 2.79. The Morgan fingerprint density at radius 3 is 2.57 bits per heavy atom. The third-order valence-electron chi connectivity index (χ3n) is 2.18. The average Bonchev–Trinajstić information content (AvgIpc) is 2.50. The van der Waals surface area contributed by atoms with Gasteiger partial charge in [0.2, 0.25) is 0 Å². The minimum atomic E-state index is 0.107. The number of hydrogen-bond acceptors (Lipinski definition) is 3. The van der Waals surface area contributed by atoms with Gasteiger partial charge in [0.05, 0.1) is 0 Å². The molecule has 3 nitrogen and oxygen atoms in total. The van der Waals surface area contributed by atoms with Crippen LogP contribution in [0.15, 0.2) is 21.2 Å². The fourth-order valence-electron chi connectivity index (χ4n) is 1.28. The Balaban J connectivity index is 2.70. The molecule has 0 saturated heterocycles. The highest BCUT2D eigenvalue weighted by Crippen LogP contribution is 2.29. The second-order valence-corrected chi connectivity index (χ2v) is 5.19. The molecule has 1 heterocycles. The van der Waals surface area contributed by atoms with Crippen LogP contribution in [-0.4, -0.2) is 10.3 Å². The minimum Gasteiger partial charge on any atom is -0.243 e. The first kappa shape index (κ1) is 9.65. The van der Waals surface area contributed by atoms with E-state index < -0.39 is 0 Å². The second kappa shape index (κ2) is 3.05. The van der Waals surface area contributed by atoms with E-state index >= 15 is 0 Å². The van der Waals surface area contributed by atoms with Crippen LogP contribution in [0.1, 0.15) is 26.3 Å². The number of nitrogens with zero attached hydrogens (tertiary/aromatic N) is 2. The lowest BCUT2D eigenvalue weighted by atomic mass is 9.87. The second-order valence-electron chi connectivity index (χ2n) is 4.34. The molecule has 0 radical (unpaired) electrons. The molecule has 74 valence electrons. The van der Waals surface area contributed by atoms with Crippen LogP contribution in [0.4, 0.5) is 0 Å². The Morgan fingerprint density at radius 1 is 1.21 bits per heavy atom. The summed E-state index contributed by atoms with van der Waals surface area (Å²) in [7, 11) is 0. The van der Waals surface area contributed by atoms with Gasteiger partial charge in [-0.3, -0.25) is 0 Å². The molecule has 4 heteroatoms. The van der Waals surface area contributed by atoms with Gasteiger partial charge in [0.25, 0.3) is 0 Å². The van der Waals surface area contributed by atoms with E-state index in [-0.39, 0.29) is 5.41 Å². The Hall–Kier alpha value is -0.900. The normalized spacial score (nSPS) is 12.3. The van der Waals surface area contributed by atoms with Crippen molar-refractivity contribution < 1.29 is 4.63 Å². The molecular formula is C10H11BrN2O. The highest BCUT2D eigenvalue weighted by Gasteiger charge is 2.17. The van der Waals surface area contributed by atoms with E-state index in [1.165, 1.54) is 5.56 Å². The molecule has 0 spiro atoms. The summed E-state index contributed by atoms with van der Waals surface area (Å²) in [5, 5.41) is 7.65. The molecule has 1 aromatic heterocycles. The van der Waals surface area contributed by atoms with Crippen molar-refractivity contribution in [1.29, 1.82) is 0 Å². The van der Waals surface area contributed by atoms with Gasteiger partial charge in [-0.25, -0.2) is 4.63 Å². The lowest BCUT2D eigenvalue weighted by molar-refractivity contribution is 0.315. The highest BCUT2D eigenvalue weighted by atomic mass is 79.9. The Morgan fingerprint density at radius 2 is 1.93 bits per heavy atom. The zero-order chi connectivity index (χ0) is 10.3. The molecule has 0 amide bonds. The number of halogens is 1. The maximum atomic E-state index is 4.68. The summed E-state index contributed by atoms with van der Waals surface area (Å²) in [6.45, 7) is 6.48. The summed E-state index contributed by atoms with van der Waals surface area (Å²) < 4.78 is 5.62. The third kappa shape index (κ3) is 1.54. The summed E-state index contributed by atoms with van der Waals surface area (Å²) in [5.41, 5.74) is 2.89. The number of benzene rings is 1. The fourth-order valence-corrected chi connectivity index (χ4v) is 1.80. The predicted octanol–water partition coefficient (Wildman–Crippen LogP) is 3.28. The van der Waals surface area contributed by atoms with Gasteiger partial charge in [-0.05, 0) is 49.4 Å². The molecule has 0 atom stereocenters. The van der Waals surface area contributed by atoms with E-state index in [0.717, 1.165) is 15.5 Å². The molecule has 0 N–H and O–H groups in total. The van der Waals surface area contributed by atoms with Crippen molar-refractivity contribution in [3.63, 3.8) is 0 Å². The largest absolute Gasteiger partial charge is 0.243 e. The molecular weight excluding hydrogens is 244 g/mol. The summed E-state index contributed by atoms with van der Waals surface area (Å²) in [6.07, 6.45) is 0. The van der Waals surface area contributed by atoms with Gasteiger partial charge < -0.3 is 0 Å². The lowest BCUT2D eigenvalue weighted by Gasteiger charge is -2.18. The quantitative estimate of drug-likeness (QED) is 0.725. The summed E-state index contributed by atoms with van der Waals surface area (Å²) in [4.78, 5) is 0. The molecule has 0 saturated carbocycles. The van der Waals surface area contributed by atoms with Crippen LogP contribution in [0.2, 0.25) is 0 Å². The van der Waals surface area contributed by atoms with Crippen LogP contribution >= 0.6 is 15.9 Å². The van der Waals surface area contributed by atoms with Crippen molar-refractivity contribution in [2.24, 2.45) is 0 Å². The Bertz CT molecular complexity index is 470. The molecule has 0 fully saturated rings. The topological polar surface area (TPSA) is 38.9 Å². The van der Waals surface area contributed by atoms with Crippen molar-refractivity contribution in [3.05, 3.63) is 22.2 Å². The standard InChI is InChI=1S/C10H11BrN2O/c1-10(2,3)6-4-7(11)9-8(5-6)12-14-13-9/h4-5H,1-3H3. The monoisotopic (exact) mass is 254 g/mol. The summed E-state index contributed by atoms with van der Waals surface area (Å²) >= 11 is 3.46. The first-order chi connectivity index (χ1) is 6.48. The molecule has 0 aliphatic rings. The molecule has 0 aliphatic carbocycles. The van der Waals surface area contributed by atoms with Crippen molar-refractivity contribution in [2.45, 2.75) is 26.2 Å². The van der Waals surface area contributed by atoms with Crippen LogP contribution in [-0.2, 0) is 5.41 Å². The van der Waals surface area contributed by atoms with Gasteiger partial charge in [-0.2, -0.15) is 0 Å². The van der Waals surface area contributed by atoms with Crippen molar-refractivity contribution in [2.75, 3.05) is 0 Å². The zero-order valence-electron chi connectivity index (χ0n) is 8.34. The van der Waals surface area contributed by atoms with Gasteiger partial charge in [-0.1, -0.05) is 20.8 Å². The average molecular weight is 255 g/mol. The van der Waals surface area contributed by atoms with Gasteiger partial charge in [-0.15, -0.1) is 0 Å². The molecule has 0 aliphatic heterocycles. The van der Waals surface area contributed by atoms with E-state index in [2.05, 4.69) is 57.7 Å². The van der Waals surface area contributed by atoms with Crippen LogP contribution < -0.4 is 0 Å². The van der Waals surface area contributed by atoms with Gasteiger partial charge in [0.15, 0.2) is 0 Å². The van der Waals surface area contributed by atoms with E-state index in [4.69, 9.17) is 0 Å².